The van der Waals surface area contributed by atoms with Crippen LogP contribution in [0, 0.1) is 13.8 Å². The third kappa shape index (κ3) is 3.41. The van der Waals surface area contributed by atoms with Crippen molar-refractivity contribution in [2.24, 2.45) is 0 Å². The highest BCUT2D eigenvalue weighted by Gasteiger charge is 2.10. The monoisotopic (exact) mass is 273 g/mol. The zero-order valence-electron chi connectivity index (χ0n) is 12.0. The maximum atomic E-state index is 11.8. The van der Waals surface area contributed by atoms with E-state index in [1.807, 2.05) is 26.0 Å². The average molecular weight is 273 g/mol. The molecule has 0 spiro atoms. The van der Waals surface area contributed by atoms with Crippen molar-refractivity contribution in [1.29, 1.82) is 0 Å². The molecule has 0 fully saturated rings. The topological polar surface area (TPSA) is 51.5 Å². The maximum absolute atomic E-state index is 11.8. The van der Waals surface area contributed by atoms with Gasteiger partial charge in [0.25, 0.3) is 5.91 Å². The SMILES string of the molecule is COc1ccc(C)cc1CCNC(=O)c1ccc(C)o1. The number of furan rings is 1. The summed E-state index contributed by atoms with van der Waals surface area (Å²) < 4.78 is 10.6. The largest absolute Gasteiger partial charge is 0.496 e. The summed E-state index contributed by atoms with van der Waals surface area (Å²) in [6, 6.07) is 9.48. The highest BCUT2D eigenvalue weighted by atomic mass is 16.5. The predicted octanol–water partition coefficient (Wildman–Crippen LogP) is 2.88. The van der Waals surface area contributed by atoms with Gasteiger partial charge >= 0.3 is 0 Å². The molecule has 1 N–H and O–H groups in total. The van der Waals surface area contributed by atoms with Gasteiger partial charge < -0.3 is 14.5 Å². The molecule has 2 aromatic rings. The Morgan fingerprint density at radius 2 is 2.05 bits per heavy atom. The fourth-order valence-electron chi connectivity index (χ4n) is 2.06. The lowest BCUT2D eigenvalue weighted by Crippen LogP contribution is -2.25. The van der Waals surface area contributed by atoms with Gasteiger partial charge in [-0.15, -0.1) is 0 Å². The minimum atomic E-state index is -0.190. The Hall–Kier alpha value is -2.23. The molecule has 0 saturated carbocycles. The van der Waals surface area contributed by atoms with Gasteiger partial charge in [0.1, 0.15) is 11.5 Å². The summed E-state index contributed by atoms with van der Waals surface area (Å²) >= 11 is 0. The van der Waals surface area contributed by atoms with Crippen molar-refractivity contribution in [2.75, 3.05) is 13.7 Å². The third-order valence-electron chi connectivity index (χ3n) is 3.08. The second kappa shape index (κ2) is 6.28. The van der Waals surface area contributed by atoms with E-state index in [9.17, 15) is 4.79 Å². The van der Waals surface area contributed by atoms with Crippen molar-refractivity contribution >= 4 is 5.91 Å². The molecule has 0 aliphatic carbocycles. The van der Waals surface area contributed by atoms with Crippen molar-refractivity contribution < 1.29 is 13.9 Å². The highest BCUT2D eigenvalue weighted by Crippen LogP contribution is 2.19. The first kappa shape index (κ1) is 14.2. The lowest BCUT2D eigenvalue weighted by molar-refractivity contribution is 0.0925. The number of hydrogen-bond donors (Lipinski definition) is 1. The summed E-state index contributed by atoms with van der Waals surface area (Å²) in [6.07, 6.45) is 0.719. The number of carbonyl (C=O) groups excluding carboxylic acids is 1. The van der Waals surface area contributed by atoms with E-state index in [1.54, 1.807) is 19.2 Å². The van der Waals surface area contributed by atoms with Crippen molar-refractivity contribution in [3.8, 4) is 5.75 Å². The molecule has 0 saturated heterocycles. The molecule has 0 aliphatic heterocycles. The Morgan fingerprint density at radius 3 is 2.70 bits per heavy atom. The summed E-state index contributed by atoms with van der Waals surface area (Å²) in [5, 5.41) is 2.84. The van der Waals surface area contributed by atoms with Gasteiger partial charge in [0.05, 0.1) is 7.11 Å². The van der Waals surface area contributed by atoms with E-state index >= 15 is 0 Å². The van der Waals surface area contributed by atoms with E-state index in [4.69, 9.17) is 9.15 Å². The van der Waals surface area contributed by atoms with Gasteiger partial charge in [0.15, 0.2) is 5.76 Å². The fraction of sp³-hybridized carbons (Fsp3) is 0.312. The first-order valence-corrected chi connectivity index (χ1v) is 6.58. The summed E-state index contributed by atoms with van der Waals surface area (Å²) in [7, 11) is 1.65. The number of ether oxygens (including phenoxy) is 1. The molecule has 20 heavy (non-hydrogen) atoms. The van der Waals surface area contributed by atoms with Gasteiger partial charge in [0, 0.05) is 6.54 Å². The predicted molar refractivity (Wildman–Crippen MR) is 77.2 cm³/mol. The zero-order valence-corrected chi connectivity index (χ0v) is 12.0. The normalized spacial score (nSPS) is 10.3. The van der Waals surface area contributed by atoms with E-state index in [0.29, 0.717) is 12.3 Å². The van der Waals surface area contributed by atoms with Gasteiger partial charge in [-0.2, -0.15) is 0 Å². The summed E-state index contributed by atoms with van der Waals surface area (Å²) in [4.78, 5) is 11.8. The Labute approximate surface area is 118 Å². The molecule has 2 rings (SSSR count). The second-order valence-electron chi connectivity index (χ2n) is 4.73. The van der Waals surface area contributed by atoms with E-state index in [2.05, 4.69) is 11.4 Å². The smallest absolute Gasteiger partial charge is 0.287 e. The third-order valence-corrected chi connectivity index (χ3v) is 3.08. The maximum Gasteiger partial charge on any atom is 0.287 e. The molecule has 0 aliphatic rings. The van der Waals surface area contributed by atoms with Gasteiger partial charge in [0.2, 0.25) is 0 Å². The highest BCUT2D eigenvalue weighted by molar-refractivity contribution is 5.91. The molecule has 4 heteroatoms. The first-order valence-electron chi connectivity index (χ1n) is 6.58. The van der Waals surface area contributed by atoms with Gasteiger partial charge in [-0.3, -0.25) is 4.79 Å². The van der Waals surface area contributed by atoms with Crippen molar-refractivity contribution in [2.45, 2.75) is 20.3 Å². The number of rotatable bonds is 5. The minimum absolute atomic E-state index is 0.190. The van der Waals surface area contributed by atoms with Crippen LogP contribution in [0.1, 0.15) is 27.4 Å². The molecule has 1 aromatic carbocycles. The average Bonchev–Trinajstić information content (AvgIpc) is 2.86. The van der Waals surface area contributed by atoms with Gasteiger partial charge in [-0.05, 0) is 44.0 Å². The number of methoxy groups -OCH3 is 1. The van der Waals surface area contributed by atoms with Crippen LogP contribution in [0.5, 0.6) is 5.75 Å². The molecular formula is C16H19NO3. The number of nitrogens with one attached hydrogen (secondary N) is 1. The molecule has 1 aromatic heterocycles. The van der Waals surface area contributed by atoms with E-state index in [-0.39, 0.29) is 5.91 Å². The van der Waals surface area contributed by atoms with Crippen LogP contribution in [-0.4, -0.2) is 19.6 Å². The van der Waals surface area contributed by atoms with Gasteiger partial charge in [-0.1, -0.05) is 17.7 Å². The molecule has 0 radical (unpaired) electrons. The Kier molecular flexibility index (Phi) is 4.45. The van der Waals surface area contributed by atoms with Crippen LogP contribution in [0.25, 0.3) is 0 Å². The van der Waals surface area contributed by atoms with Crippen LogP contribution in [0.3, 0.4) is 0 Å². The summed E-state index contributed by atoms with van der Waals surface area (Å²) in [5.74, 6) is 1.73. The van der Waals surface area contributed by atoms with E-state index < -0.39 is 0 Å². The molecule has 106 valence electrons. The molecule has 0 atom stereocenters. The minimum Gasteiger partial charge on any atom is -0.496 e. The van der Waals surface area contributed by atoms with Crippen molar-refractivity contribution in [3.05, 3.63) is 53.0 Å². The first-order chi connectivity index (χ1) is 9.60. The molecule has 0 bridgehead atoms. The van der Waals surface area contributed by atoms with Gasteiger partial charge in [-0.25, -0.2) is 0 Å². The number of benzene rings is 1. The second-order valence-corrected chi connectivity index (χ2v) is 4.73. The fourth-order valence-corrected chi connectivity index (χ4v) is 2.06. The standard InChI is InChI=1S/C16H19NO3/c1-11-4-6-14(19-3)13(10-11)8-9-17-16(18)15-7-5-12(2)20-15/h4-7,10H,8-9H2,1-3H3,(H,17,18). The van der Waals surface area contributed by atoms with Crippen molar-refractivity contribution in [1.82, 2.24) is 5.32 Å². The molecule has 0 unspecified atom stereocenters. The van der Waals surface area contributed by atoms with E-state index in [0.717, 1.165) is 23.5 Å². The summed E-state index contributed by atoms with van der Waals surface area (Å²) in [5.41, 5.74) is 2.26. The number of aryl methyl sites for hydroxylation is 2. The lowest BCUT2D eigenvalue weighted by atomic mass is 10.1. The molecule has 4 nitrogen and oxygen atoms in total. The Morgan fingerprint density at radius 1 is 1.25 bits per heavy atom. The number of hydrogen-bond acceptors (Lipinski definition) is 3. The van der Waals surface area contributed by atoms with Crippen LogP contribution in [0.2, 0.25) is 0 Å². The van der Waals surface area contributed by atoms with Crippen LogP contribution in [-0.2, 0) is 6.42 Å². The Balaban J connectivity index is 1.93. The molecule has 1 heterocycles. The Bertz CT molecular complexity index is 602. The lowest BCUT2D eigenvalue weighted by Gasteiger charge is -2.09. The quantitative estimate of drug-likeness (QED) is 0.911. The van der Waals surface area contributed by atoms with Crippen molar-refractivity contribution in [3.63, 3.8) is 0 Å². The van der Waals surface area contributed by atoms with Crippen LogP contribution in [0.15, 0.2) is 34.7 Å². The molecule has 1 amide bonds. The van der Waals surface area contributed by atoms with E-state index in [1.165, 1.54) is 5.56 Å². The number of carbonyl (C=O) groups is 1. The number of amides is 1. The zero-order chi connectivity index (χ0) is 14.5. The van der Waals surface area contributed by atoms with Crippen LogP contribution in [0.4, 0.5) is 0 Å². The van der Waals surface area contributed by atoms with Crippen LogP contribution < -0.4 is 10.1 Å². The molecular weight excluding hydrogens is 254 g/mol. The van der Waals surface area contributed by atoms with Crippen LogP contribution >= 0.6 is 0 Å². The summed E-state index contributed by atoms with van der Waals surface area (Å²) in [6.45, 7) is 4.39.